The van der Waals surface area contributed by atoms with E-state index in [0.717, 1.165) is 0 Å². The van der Waals surface area contributed by atoms with E-state index >= 15 is 0 Å². The molecule has 0 aliphatic heterocycles. The van der Waals surface area contributed by atoms with Gasteiger partial charge in [0.25, 0.3) is 0 Å². The Balaban J connectivity index is 2.80. The third-order valence-electron chi connectivity index (χ3n) is 2.72. The van der Waals surface area contributed by atoms with Gasteiger partial charge >= 0.3 is 0 Å². The van der Waals surface area contributed by atoms with Crippen molar-refractivity contribution in [3.8, 4) is 0 Å². The molecule has 0 bridgehead atoms. The van der Waals surface area contributed by atoms with Gasteiger partial charge < -0.3 is 10.1 Å². The maximum Gasteiger partial charge on any atom is 0.227 e. The van der Waals surface area contributed by atoms with Gasteiger partial charge in [-0.2, -0.15) is 0 Å². The van der Waals surface area contributed by atoms with Crippen molar-refractivity contribution in [3.63, 3.8) is 0 Å². The van der Waals surface area contributed by atoms with Crippen molar-refractivity contribution in [3.05, 3.63) is 29.8 Å². The molecule has 1 aromatic carbocycles. The van der Waals surface area contributed by atoms with Crippen molar-refractivity contribution in [2.45, 2.75) is 32.8 Å². The molecule has 0 saturated carbocycles. The highest BCUT2D eigenvalue weighted by atomic mass is 16.5. The summed E-state index contributed by atoms with van der Waals surface area (Å²) in [6.07, 6.45) is 0.232. The van der Waals surface area contributed by atoms with Crippen LogP contribution in [0.25, 0.3) is 0 Å². The van der Waals surface area contributed by atoms with Crippen LogP contribution >= 0.6 is 0 Å². The molecule has 1 N–H and O–H groups in total. The first-order valence-electron chi connectivity index (χ1n) is 5.81. The second-order valence-corrected chi connectivity index (χ2v) is 4.79. The van der Waals surface area contributed by atoms with Gasteiger partial charge in [-0.25, -0.2) is 0 Å². The molecule has 0 saturated heterocycles. The zero-order chi connectivity index (χ0) is 13.8. The van der Waals surface area contributed by atoms with Crippen molar-refractivity contribution in [2.24, 2.45) is 0 Å². The van der Waals surface area contributed by atoms with Crippen LogP contribution in [0.15, 0.2) is 24.3 Å². The molecule has 0 aromatic heterocycles. The molecule has 0 fully saturated rings. The zero-order valence-electron chi connectivity index (χ0n) is 11.2. The molecule has 18 heavy (non-hydrogen) atoms. The molecule has 0 unspecified atom stereocenters. The number of hydrogen-bond acceptors (Lipinski definition) is 3. The lowest BCUT2D eigenvalue weighted by atomic mass is 10.0. The highest BCUT2D eigenvalue weighted by molar-refractivity contribution is 6.03. The molecule has 98 valence electrons. The number of hydrogen-bond donors (Lipinski definition) is 1. The van der Waals surface area contributed by atoms with E-state index in [9.17, 15) is 9.59 Å². The fourth-order valence-electron chi connectivity index (χ4n) is 1.55. The summed E-state index contributed by atoms with van der Waals surface area (Å²) in [7, 11) is 1.57. The number of ketones is 1. The minimum atomic E-state index is -0.519. The minimum absolute atomic E-state index is 0.0723. The normalized spacial score (nSPS) is 11.1. The van der Waals surface area contributed by atoms with E-state index in [2.05, 4.69) is 5.32 Å². The summed E-state index contributed by atoms with van der Waals surface area (Å²) < 4.78 is 5.20. The third-order valence-corrected chi connectivity index (χ3v) is 2.72. The minimum Gasteiger partial charge on any atom is -0.378 e. The summed E-state index contributed by atoms with van der Waals surface area (Å²) in [6, 6.07) is 6.96. The topological polar surface area (TPSA) is 55.4 Å². The Bertz CT molecular complexity index is 452. The Morgan fingerprint density at radius 3 is 2.44 bits per heavy atom. The van der Waals surface area contributed by atoms with Gasteiger partial charge in [-0.1, -0.05) is 12.1 Å². The molecular weight excluding hydrogens is 230 g/mol. The van der Waals surface area contributed by atoms with Crippen LogP contribution in [0.1, 0.15) is 37.6 Å². The number of carbonyl (C=O) groups is 2. The van der Waals surface area contributed by atoms with Crippen LogP contribution in [0.3, 0.4) is 0 Å². The lowest BCUT2D eigenvalue weighted by molar-refractivity contribution is -0.121. The van der Waals surface area contributed by atoms with Crippen molar-refractivity contribution in [2.75, 3.05) is 12.4 Å². The van der Waals surface area contributed by atoms with Gasteiger partial charge in [0.1, 0.15) is 0 Å². The second-order valence-electron chi connectivity index (χ2n) is 4.79. The van der Waals surface area contributed by atoms with Crippen LogP contribution < -0.4 is 5.32 Å². The van der Waals surface area contributed by atoms with E-state index < -0.39 is 5.60 Å². The predicted octanol–water partition coefficient (Wildman–Crippen LogP) is 2.64. The molecule has 4 nitrogen and oxygen atoms in total. The number of Topliss-reactive ketones (excluding diaryl/α,β-unsaturated/α-hetero) is 1. The molecule has 0 atom stereocenters. The van der Waals surface area contributed by atoms with Crippen LogP contribution in [0.4, 0.5) is 5.69 Å². The van der Waals surface area contributed by atoms with Gasteiger partial charge in [0.15, 0.2) is 5.78 Å². The number of para-hydroxylation sites is 1. The smallest absolute Gasteiger partial charge is 0.227 e. The number of anilines is 1. The quantitative estimate of drug-likeness (QED) is 0.816. The number of benzene rings is 1. The SMILES string of the molecule is COC(C)(C)CC(=O)Nc1ccccc1C(C)=O. The monoisotopic (exact) mass is 249 g/mol. The van der Waals surface area contributed by atoms with Gasteiger partial charge in [-0.15, -0.1) is 0 Å². The maximum absolute atomic E-state index is 11.9. The lowest BCUT2D eigenvalue weighted by Crippen LogP contribution is -2.29. The summed E-state index contributed by atoms with van der Waals surface area (Å²) >= 11 is 0. The van der Waals surface area contributed by atoms with Crippen molar-refractivity contribution >= 4 is 17.4 Å². The lowest BCUT2D eigenvalue weighted by Gasteiger charge is -2.22. The third kappa shape index (κ3) is 3.96. The molecular formula is C14H19NO3. The molecule has 1 aromatic rings. The fraction of sp³-hybridized carbons (Fsp3) is 0.429. The molecule has 0 radical (unpaired) electrons. The van der Waals surface area contributed by atoms with Crippen LogP contribution in [0.2, 0.25) is 0 Å². The van der Waals surface area contributed by atoms with Crippen LogP contribution in [0, 0.1) is 0 Å². The zero-order valence-corrected chi connectivity index (χ0v) is 11.2. The maximum atomic E-state index is 11.9. The van der Waals surface area contributed by atoms with Gasteiger partial charge in [0, 0.05) is 12.7 Å². The van der Waals surface area contributed by atoms with Gasteiger partial charge in [0.2, 0.25) is 5.91 Å². The van der Waals surface area contributed by atoms with Gasteiger partial charge in [-0.05, 0) is 32.9 Å². The molecule has 1 rings (SSSR count). The molecule has 0 aliphatic rings. The van der Waals surface area contributed by atoms with E-state index in [4.69, 9.17) is 4.74 Å². The number of methoxy groups -OCH3 is 1. The molecule has 0 spiro atoms. The first-order chi connectivity index (χ1) is 8.35. The predicted molar refractivity (Wildman–Crippen MR) is 70.8 cm³/mol. The molecule has 0 heterocycles. The molecule has 4 heteroatoms. The Kier molecular flexibility index (Phi) is 4.62. The van der Waals surface area contributed by atoms with Gasteiger partial charge in [0.05, 0.1) is 17.7 Å². The largest absolute Gasteiger partial charge is 0.378 e. The summed E-state index contributed by atoms with van der Waals surface area (Å²) in [5.74, 6) is -0.243. The van der Waals surface area contributed by atoms with Crippen molar-refractivity contribution in [1.29, 1.82) is 0 Å². The number of ether oxygens (including phenoxy) is 1. The second kappa shape index (κ2) is 5.78. The number of nitrogens with one attached hydrogen (secondary N) is 1. The molecule has 0 aliphatic carbocycles. The number of rotatable bonds is 5. The summed E-state index contributed by atoms with van der Waals surface area (Å²) in [4.78, 5) is 23.3. The van der Waals surface area contributed by atoms with E-state index in [1.165, 1.54) is 6.92 Å². The van der Waals surface area contributed by atoms with Crippen molar-refractivity contribution in [1.82, 2.24) is 0 Å². The Morgan fingerprint density at radius 2 is 1.89 bits per heavy atom. The summed E-state index contributed by atoms with van der Waals surface area (Å²) in [6.45, 7) is 5.15. The van der Waals surface area contributed by atoms with Gasteiger partial charge in [-0.3, -0.25) is 9.59 Å². The first kappa shape index (κ1) is 14.4. The average Bonchev–Trinajstić information content (AvgIpc) is 2.28. The summed E-state index contributed by atoms with van der Waals surface area (Å²) in [5, 5.41) is 2.74. The van der Waals surface area contributed by atoms with E-state index in [-0.39, 0.29) is 18.1 Å². The highest BCUT2D eigenvalue weighted by Gasteiger charge is 2.21. The fourth-order valence-corrected chi connectivity index (χ4v) is 1.55. The highest BCUT2D eigenvalue weighted by Crippen LogP contribution is 2.18. The number of carbonyl (C=O) groups excluding carboxylic acids is 2. The van der Waals surface area contributed by atoms with E-state index in [1.807, 2.05) is 13.8 Å². The van der Waals surface area contributed by atoms with Crippen molar-refractivity contribution < 1.29 is 14.3 Å². The number of amides is 1. The molecule has 1 amide bonds. The van der Waals surface area contributed by atoms with Crippen LogP contribution in [-0.2, 0) is 9.53 Å². The summed E-state index contributed by atoms with van der Waals surface area (Å²) in [5.41, 5.74) is 0.540. The van der Waals surface area contributed by atoms with E-state index in [1.54, 1.807) is 31.4 Å². The Hall–Kier alpha value is -1.68. The standard InChI is InChI=1S/C14H19NO3/c1-10(16)11-7-5-6-8-12(11)15-13(17)9-14(2,3)18-4/h5-8H,9H2,1-4H3,(H,15,17). The first-order valence-corrected chi connectivity index (χ1v) is 5.81. The van der Waals surface area contributed by atoms with Crippen LogP contribution in [0.5, 0.6) is 0 Å². The Morgan fingerprint density at radius 1 is 1.28 bits per heavy atom. The van der Waals surface area contributed by atoms with Crippen LogP contribution in [-0.4, -0.2) is 24.4 Å². The Labute approximate surface area is 107 Å². The van der Waals surface area contributed by atoms with E-state index in [0.29, 0.717) is 11.3 Å². The average molecular weight is 249 g/mol.